The molecule has 1 rings (SSSR count). The largest absolute Gasteiger partial charge is 0.490 e. The highest BCUT2D eigenvalue weighted by atomic mass is 16.5. The van der Waals surface area contributed by atoms with Crippen molar-refractivity contribution in [3.63, 3.8) is 0 Å². The third-order valence-electron chi connectivity index (χ3n) is 11.5. The number of aliphatic carboxylic acids is 1. The average molecular weight is 875 g/mol. The minimum atomic E-state index is -1.08. The minimum absolute atomic E-state index is 0.284. The number of esters is 1. The summed E-state index contributed by atoms with van der Waals surface area (Å²) in [4.78, 5) is 35.7. The molecule has 0 saturated carbocycles. The van der Waals surface area contributed by atoms with Gasteiger partial charge < -0.3 is 34.7 Å². The number of carboxylic acids is 1. The molecule has 2 amide bonds. The number of amides is 2. The number of rotatable bonds is 46. The molecule has 0 heterocycles. The Labute approximate surface area is 379 Å². The van der Waals surface area contributed by atoms with Gasteiger partial charge in [-0.1, -0.05) is 201 Å². The van der Waals surface area contributed by atoms with Gasteiger partial charge >= 0.3 is 18.0 Å². The van der Waals surface area contributed by atoms with Gasteiger partial charge in [0.15, 0.2) is 11.5 Å². The van der Waals surface area contributed by atoms with Gasteiger partial charge in [-0.25, -0.2) is 9.59 Å². The first-order valence-electron chi connectivity index (χ1n) is 25.9. The summed E-state index contributed by atoms with van der Waals surface area (Å²) in [6.45, 7) is 8.79. The quantitative estimate of drug-likeness (QED) is 0.0436. The SMILES string of the molecule is CCCCCCCCCCCCOc1cc(C(=O)OCCCCCCNC(=O)NCC(=O)O)cc(OCCCCCCCCCCCC)c1OCCCCCCCCCCCC. The lowest BCUT2D eigenvalue weighted by atomic mass is 10.1. The van der Waals surface area contributed by atoms with E-state index in [2.05, 4.69) is 31.4 Å². The van der Waals surface area contributed by atoms with Gasteiger partial charge in [0.1, 0.15) is 6.54 Å². The fraction of sp³-hybridized carbons (Fsp3) is 0.827. The van der Waals surface area contributed by atoms with Gasteiger partial charge in [-0.3, -0.25) is 4.79 Å². The zero-order valence-electron chi connectivity index (χ0n) is 40.2. The predicted molar refractivity (Wildman–Crippen MR) is 256 cm³/mol. The molecule has 0 fully saturated rings. The lowest BCUT2D eigenvalue weighted by molar-refractivity contribution is -0.135. The molecule has 10 nitrogen and oxygen atoms in total. The lowest BCUT2D eigenvalue weighted by Gasteiger charge is -2.19. The van der Waals surface area contributed by atoms with Crippen LogP contribution in [0.1, 0.15) is 249 Å². The molecule has 1 aromatic carbocycles. The highest BCUT2D eigenvalue weighted by Crippen LogP contribution is 2.40. The van der Waals surface area contributed by atoms with E-state index in [1.165, 1.54) is 154 Å². The van der Waals surface area contributed by atoms with Crippen LogP contribution in [0.5, 0.6) is 17.2 Å². The van der Waals surface area contributed by atoms with E-state index in [9.17, 15) is 14.4 Å². The molecule has 0 saturated heterocycles. The summed E-state index contributed by atoms with van der Waals surface area (Å²) < 4.78 is 25.1. The van der Waals surface area contributed by atoms with E-state index in [1.807, 2.05) is 0 Å². The van der Waals surface area contributed by atoms with E-state index in [1.54, 1.807) is 12.1 Å². The van der Waals surface area contributed by atoms with Gasteiger partial charge in [-0.2, -0.15) is 0 Å². The molecular weight excluding hydrogens is 781 g/mol. The fourth-order valence-electron chi connectivity index (χ4n) is 7.61. The van der Waals surface area contributed by atoms with E-state index in [0.717, 1.165) is 57.8 Å². The van der Waals surface area contributed by atoms with Crippen LogP contribution in [0.25, 0.3) is 0 Å². The zero-order valence-corrected chi connectivity index (χ0v) is 40.2. The molecule has 0 aliphatic rings. The van der Waals surface area contributed by atoms with Crippen molar-refractivity contribution in [2.75, 3.05) is 39.5 Å². The van der Waals surface area contributed by atoms with Crippen molar-refractivity contribution in [3.05, 3.63) is 17.7 Å². The predicted octanol–water partition coefficient (Wildman–Crippen LogP) is 14.7. The molecule has 0 aromatic heterocycles. The fourth-order valence-corrected chi connectivity index (χ4v) is 7.61. The summed E-state index contributed by atoms with van der Waals surface area (Å²) in [5, 5.41) is 13.6. The molecule has 0 bridgehead atoms. The van der Waals surface area contributed by atoms with Crippen molar-refractivity contribution in [1.82, 2.24) is 10.6 Å². The Kier molecular flexibility index (Phi) is 39.5. The Balaban J connectivity index is 2.88. The number of benzene rings is 1. The Bertz CT molecular complexity index is 1160. The number of carbonyl (C=O) groups is 3. The first-order chi connectivity index (χ1) is 30.4. The van der Waals surface area contributed by atoms with Crippen molar-refractivity contribution >= 4 is 18.0 Å². The molecule has 0 atom stereocenters. The second kappa shape index (κ2) is 43.1. The third kappa shape index (κ3) is 34.3. The summed E-state index contributed by atoms with van der Waals surface area (Å²) in [5.74, 6) is 0.220. The van der Waals surface area contributed by atoms with E-state index in [4.69, 9.17) is 24.1 Å². The van der Waals surface area contributed by atoms with Gasteiger partial charge in [-0.15, -0.1) is 0 Å². The number of hydrogen-bond acceptors (Lipinski definition) is 7. The molecule has 3 N–H and O–H groups in total. The number of hydrogen-bond donors (Lipinski definition) is 3. The second-order valence-electron chi connectivity index (χ2n) is 17.4. The maximum Gasteiger partial charge on any atom is 0.338 e. The first-order valence-corrected chi connectivity index (χ1v) is 25.9. The van der Waals surface area contributed by atoms with Crippen LogP contribution in [-0.2, 0) is 9.53 Å². The van der Waals surface area contributed by atoms with Crippen LogP contribution in [0.4, 0.5) is 4.79 Å². The third-order valence-corrected chi connectivity index (χ3v) is 11.5. The summed E-state index contributed by atoms with van der Waals surface area (Å²) in [6, 6.07) is 3.07. The molecule has 360 valence electrons. The van der Waals surface area contributed by atoms with E-state index in [-0.39, 0.29) is 6.61 Å². The lowest BCUT2D eigenvalue weighted by Crippen LogP contribution is -2.38. The maximum atomic E-state index is 13.5. The van der Waals surface area contributed by atoms with Crippen LogP contribution in [0.2, 0.25) is 0 Å². The normalized spacial score (nSPS) is 11.1. The average Bonchev–Trinajstić information content (AvgIpc) is 3.26. The van der Waals surface area contributed by atoms with Crippen LogP contribution in [-0.4, -0.2) is 62.6 Å². The standard InChI is InChI=1S/C52H94N2O8/c1-4-7-10-13-16-19-22-25-29-34-39-59-47-43-46(51(57)62-42-37-32-28-33-38-53-52(58)54-45-49(55)56)44-48(60-40-35-30-26-23-20-17-14-11-8-5-2)50(47)61-41-36-31-27-24-21-18-15-12-9-6-3/h43-44H,4-42,45H2,1-3H3,(H,55,56)(H2,53,54,58). The Morgan fingerprint density at radius 1 is 0.435 bits per heavy atom. The molecule has 0 aliphatic carbocycles. The van der Waals surface area contributed by atoms with Crippen LogP contribution in [0, 0.1) is 0 Å². The number of unbranched alkanes of at least 4 members (excludes halogenated alkanes) is 30. The Morgan fingerprint density at radius 3 is 1.16 bits per heavy atom. The van der Waals surface area contributed by atoms with Crippen LogP contribution < -0.4 is 24.8 Å². The van der Waals surface area contributed by atoms with Crippen molar-refractivity contribution < 1.29 is 38.4 Å². The highest BCUT2D eigenvalue weighted by Gasteiger charge is 2.20. The molecule has 0 unspecified atom stereocenters. The van der Waals surface area contributed by atoms with Crippen molar-refractivity contribution in [2.45, 2.75) is 239 Å². The summed E-state index contributed by atoms with van der Waals surface area (Å²) in [5.41, 5.74) is 0.406. The summed E-state index contributed by atoms with van der Waals surface area (Å²) in [7, 11) is 0. The van der Waals surface area contributed by atoms with Crippen molar-refractivity contribution in [2.24, 2.45) is 0 Å². The monoisotopic (exact) mass is 875 g/mol. The van der Waals surface area contributed by atoms with Crippen LogP contribution in [0.15, 0.2) is 12.1 Å². The Morgan fingerprint density at radius 2 is 0.774 bits per heavy atom. The second-order valence-corrected chi connectivity index (χ2v) is 17.4. The summed E-state index contributed by atoms with van der Waals surface area (Å²) in [6.07, 6.45) is 40.7. The highest BCUT2D eigenvalue weighted by molar-refractivity contribution is 5.91. The first kappa shape index (κ1) is 56.8. The number of ether oxygens (including phenoxy) is 4. The molecule has 10 heteroatoms. The van der Waals surface area contributed by atoms with Gasteiger partial charge in [0, 0.05) is 6.54 Å². The molecule has 1 aromatic rings. The summed E-state index contributed by atoms with van der Waals surface area (Å²) >= 11 is 0. The molecule has 0 spiro atoms. The molecule has 62 heavy (non-hydrogen) atoms. The molecular formula is C52H94N2O8. The van der Waals surface area contributed by atoms with E-state index < -0.39 is 24.5 Å². The van der Waals surface area contributed by atoms with Crippen molar-refractivity contribution in [1.29, 1.82) is 0 Å². The smallest absolute Gasteiger partial charge is 0.338 e. The van der Waals surface area contributed by atoms with E-state index >= 15 is 0 Å². The topological polar surface area (TPSA) is 132 Å². The van der Waals surface area contributed by atoms with Gasteiger partial charge in [0.25, 0.3) is 0 Å². The number of nitrogens with one attached hydrogen (secondary N) is 2. The number of carboxylic acid groups (broad SMARTS) is 1. The maximum absolute atomic E-state index is 13.5. The van der Waals surface area contributed by atoms with Gasteiger partial charge in [0.05, 0.1) is 32.0 Å². The number of urea groups is 1. The van der Waals surface area contributed by atoms with Crippen LogP contribution in [0.3, 0.4) is 0 Å². The van der Waals surface area contributed by atoms with Gasteiger partial charge in [0.2, 0.25) is 5.75 Å². The number of carbonyl (C=O) groups excluding carboxylic acids is 2. The van der Waals surface area contributed by atoms with Crippen LogP contribution >= 0.6 is 0 Å². The van der Waals surface area contributed by atoms with Gasteiger partial charge in [-0.05, 0) is 50.7 Å². The molecule has 0 radical (unpaired) electrons. The molecule has 0 aliphatic heterocycles. The minimum Gasteiger partial charge on any atom is -0.490 e. The zero-order chi connectivity index (χ0) is 45.0. The van der Waals surface area contributed by atoms with E-state index in [0.29, 0.717) is 55.6 Å². The van der Waals surface area contributed by atoms with Crippen molar-refractivity contribution in [3.8, 4) is 17.2 Å². The Hall–Kier alpha value is -3.17.